The molecule has 0 saturated heterocycles. The van der Waals surface area contributed by atoms with Gasteiger partial charge in [-0.3, -0.25) is 10.1 Å². The summed E-state index contributed by atoms with van der Waals surface area (Å²) >= 11 is 0. The van der Waals surface area contributed by atoms with Gasteiger partial charge in [0.1, 0.15) is 11.8 Å². The van der Waals surface area contributed by atoms with E-state index in [4.69, 9.17) is 15.2 Å². The van der Waals surface area contributed by atoms with Crippen LogP contribution in [0.2, 0.25) is 0 Å². The molecule has 0 radical (unpaired) electrons. The minimum atomic E-state index is -0.504. The van der Waals surface area contributed by atoms with Gasteiger partial charge in [-0.1, -0.05) is 12.1 Å². The predicted octanol–water partition coefficient (Wildman–Crippen LogP) is 0.848. The molecular formula is C13H20N2O3. The van der Waals surface area contributed by atoms with Gasteiger partial charge >= 0.3 is 0 Å². The molecule has 1 rings (SSSR count). The quantitative estimate of drug-likeness (QED) is 0.673. The fraction of sp³-hybridized carbons (Fsp3) is 0.462. The third-order valence-electron chi connectivity index (χ3n) is 2.46. The largest absolute Gasteiger partial charge is 0.494 e. The molecule has 1 amide bonds. The van der Waals surface area contributed by atoms with Crippen LogP contribution in [-0.2, 0) is 9.53 Å². The van der Waals surface area contributed by atoms with E-state index >= 15 is 0 Å². The van der Waals surface area contributed by atoms with Crippen LogP contribution in [0.4, 0.5) is 0 Å². The molecule has 1 aromatic carbocycles. The smallest absolute Gasteiger partial charge is 0.239 e. The zero-order chi connectivity index (χ0) is 13.4. The van der Waals surface area contributed by atoms with Crippen LogP contribution in [0, 0.1) is 0 Å². The number of hydrogen-bond donors (Lipinski definition) is 2. The number of hydrogen-bond acceptors (Lipinski definition) is 4. The van der Waals surface area contributed by atoms with Crippen LogP contribution in [0.15, 0.2) is 24.3 Å². The molecule has 0 fully saturated rings. The highest BCUT2D eigenvalue weighted by Gasteiger charge is 2.16. The summed E-state index contributed by atoms with van der Waals surface area (Å²) in [5.74, 6) is 0.372. The van der Waals surface area contributed by atoms with Crippen molar-refractivity contribution in [3.05, 3.63) is 29.8 Å². The maximum Gasteiger partial charge on any atom is 0.239 e. The van der Waals surface area contributed by atoms with Crippen LogP contribution < -0.4 is 15.8 Å². The van der Waals surface area contributed by atoms with Crippen molar-refractivity contribution in [1.29, 1.82) is 0 Å². The van der Waals surface area contributed by atoms with Crippen LogP contribution in [0.3, 0.4) is 0 Å². The van der Waals surface area contributed by atoms with Gasteiger partial charge in [0.25, 0.3) is 0 Å². The second kappa shape index (κ2) is 7.68. The Morgan fingerprint density at radius 3 is 2.56 bits per heavy atom. The van der Waals surface area contributed by atoms with Crippen LogP contribution in [0.1, 0.15) is 18.5 Å². The van der Waals surface area contributed by atoms with E-state index in [1.165, 1.54) is 0 Å². The van der Waals surface area contributed by atoms with Crippen LogP contribution in [0.25, 0.3) is 0 Å². The van der Waals surface area contributed by atoms with Gasteiger partial charge in [0.15, 0.2) is 0 Å². The van der Waals surface area contributed by atoms with E-state index < -0.39 is 11.9 Å². The Labute approximate surface area is 107 Å². The molecule has 1 aromatic rings. The fourth-order valence-corrected chi connectivity index (χ4v) is 1.61. The Morgan fingerprint density at radius 2 is 2.06 bits per heavy atom. The highest BCUT2D eigenvalue weighted by Crippen LogP contribution is 2.17. The number of carbonyl (C=O) groups excluding carboxylic acids is 1. The third-order valence-corrected chi connectivity index (χ3v) is 2.46. The van der Waals surface area contributed by atoms with Crippen molar-refractivity contribution in [2.24, 2.45) is 5.73 Å². The molecule has 0 bridgehead atoms. The van der Waals surface area contributed by atoms with E-state index in [0.29, 0.717) is 19.8 Å². The van der Waals surface area contributed by atoms with Crippen molar-refractivity contribution >= 4 is 5.91 Å². The SMILES string of the molecule is CCOc1ccc(C(NCCOC)C(N)=O)cc1. The van der Waals surface area contributed by atoms with Crippen molar-refractivity contribution in [3.63, 3.8) is 0 Å². The molecule has 0 aliphatic heterocycles. The van der Waals surface area contributed by atoms with Crippen molar-refractivity contribution in [1.82, 2.24) is 5.32 Å². The summed E-state index contributed by atoms with van der Waals surface area (Å²) < 4.78 is 10.3. The molecule has 1 atom stereocenters. The Hall–Kier alpha value is -1.59. The molecule has 5 nitrogen and oxygen atoms in total. The second-order valence-electron chi connectivity index (χ2n) is 3.78. The first-order valence-corrected chi connectivity index (χ1v) is 5.93. The summed E-state index contributed by atoms with van der Waals surface area (Å²) in [5, 5.41) is 3.05. The number of ether oxygens (including phenoxy) is 2. The number of primary amides is 1. The number of nitrogens with one attached hydrogen (secondary N) is 1. The van der Waals surface area contributed by atoms with Gasteiger partial charge < -0.3 is 15.2 Å². The number of carbonyl (C=O) groups is 1. The Morgan fingerprint density at radius 1 is 1.39 bits per heavy atom. The van der Waals surface area contributed by atoms with Crippen molar-refractivity contribution in [2.45, 2.75) is 13.0 Å². The maximum atomic E-state index is 11.4. The Balaban J connectivity index is 2.69. The first kappa shape index (κ1) is 14.5. The summed E-state index contributed by atoms with van der Waals surface area (Å²) in [7, 11) is 1.61. The average molecular weight is 252 g/mol. The molecule has 1 unspecified atom stereocenters. The Bertz CT molecular complexity index is 365. The predicted molar refractivity (Wildman–Crippen MR) is 69.4 cm³/mol. The highest BCUT2D eigenvalue weighted by atomic mass is 16.5. The summed E-state index contributed by atoms with van der Waals surface area (Å²) in [6.07, 6.45) is 0. The van der Waals surface area contributed by atoms with Crippen LogP contribution in [-0.4, -0.2) is 32.8 Å². The van der Waals surface area contributed by atoms with E-state index in [9.17, 15) is 4.79 Å². The first-order valence-electron chi connectivity index (χ1n) is 5.93. The maximum absolute atomic E-state index is 11.4. The molecule has 0 saturated carbocycles. The molecule has 0 aliphatic rings. The van der Waals surface area contributed by atoms with Gasteiger partial charge in [0, 0.05) is 13.7 Å². The molecule has 0 spiro atoms. The topological polar surface area (TPSA) is 73.6 Å². The molecule has 0 aliphatic carbocycles. The number of nitrogens with two attached hydrogens (primary N) is 1. The van der Waals surface area contributed by atoms with Gasteiger partial charge in [0.05, 0.1) is 13.2 Å². The zero-order valence-corrected chi connectivity index (χ0v) is 10.8. The number of rotatable bonds is 8. The number of methoxy groups -OCH3 is 1. The molecular weight excluding hydrogens is 232 g/mol. The number of benzene rings is 1. The summed E-state index contributed by atoms with van der Waals surface area (Å²) in [4.78, 5) is 11.4. The standard InChI is InChI=1S/C13H20N2O3/c1-3-18-11-6-4-10(5-7-11)12(13(14)16)15-8-9-17-2/h4-7,12,15H,3,8-9H2,1-2H3,(H2,14,16). The van der Waals surface area contributed by atoms with Gasteiger partial charge in [-0.15, -0.1) is 0 Å². The lowest BCUT2D eigenvalue weighted by molar-refractivity contribution is -0.120. The van der Waals surface area contributed by atoms with E-state index in [2.05, 4.69) is 5.32 Å². The van der Waals surface area contributed by atoms with Crippen molar-refractivity contribution < 1.29 is 14.3 Å². The van der Waals surface area contributed by atoms with E-state index in [1.807, 2.05) is 31.2 Å². The lowest BCUT2D eigenvalue weighted by atomic mass is 10.1. The molecule has 0 aromatic heterocycles. The third kappa shape index (κ3) is 4.35. The van der Waals surface area contributed by atoms with Crippen LogP contribution >= 0.6 is 0 Å². The summed E-state index contributed by atoms with van der Waals surface area (Å²) in [6.45, 7) is 3.63. The van der Waals surface area contributed by atoms with Crippen molar-refractivity contribution in [2.75, 3.05) is 26.9 Å². The zero-order valence-electron chi connectivity index (χ0n) is 10.8. The van der Waals surface area contributed by atoms with Gasteiger partial charge in [0.2, 0.25) is 5.91 Å². The van der Waals surface area contributed by atoms with Gasteiger partial charge in [-0.2, -0.15) is 0 Å². The van der Waals surface area contributed by atoms with E-state index in [-0.39, 0.29) is 0 Å². The molecule has 100 valence electrons. The molecule has 18 heavy (non-hydrogen) atoms. The molecule has 3 N–H and O–H groups in total. The summed E-state index contributed by atoms with van der Waals surface area (Å²) in [6, 6.07) is 6.82. The Kier molecular flexibility index (Phi) is 6.18. The minimum Gasteiger partial charge on any atom is -0.494 e. The lowest BCUT2D eigenvalue weighted by Gasteiger charge is -2.16. The highest BCUT2D eigenvalue weighted by molar-refractivity contribution is 5.81. The molecule has 5 heteroatoms. The monoisotopic (exact) mass is 252 g/mol. The van der Waals surface area contributed by atoms with E-state index in [0.717, 1.165) is 11.3 Å². The lowest BCUT2D eigenvalue weighted by Crippen LogP contribution is -2.35. The normalized spacial score (nSPS) is 12.1. The van der Waals surface area contributed by atoms with Gasteiger partial charge in [-0.05, 0) is 24.6 Å². The number of amides is 1. The minimum absolute atomic E-state index is 0.407. The van der Waals surface area contributed by atoms with E-state index in [1.54, 1.807) is 7.11 Å². The van der Waals surface area contributed by atoms with Gasteiger partial charge in [-0.25, -0.2) is 0 Å². The average Bonchev–Trinajstić information content (AvgIpc) is 2.36. The second-order valence-corrected chi connectivity index (χ2v) is 3.78. The fourth-order valence-electron chi connectivity index (χ4n) is 1.61. The van der Waals surface area contributed by atoms with Crippen molar-refractivity contribution in [3.8, 4) is 5.75 Å². The molecule has 0 heterocycles. The summed E-state index contributed by atoms with van der Waals surface area (Å²) in [5.41, 5.74) is 6.20. The first-order chi connectivity index (χ1) is 8.69. The van der Waals surface area contributed by atoms with Crippen LogP contribution in [0.5, 0.6) is 5.75 Å².